The normalized spacial score (nSPS) is 11.6. The van der Waals surface area contributed by atoms with Gasteiger partial charge >= 0.3 is 157 Å². The minimum atomic E-state index is -0.642. The van der Waals surface area contributed by atoms with Crippen LogP contribution in [-0.4, -0.2) is 44.1 Å². The number of para-hydroxylation sites is 1. The number of carbonyl (C=O) groups excluding carboxylic acids is 2. The predicted octanol–water partition coefficient (Wildman–Crippen LogP) is 1.81. The molecule has 2 rings (SSSR count). The Hall–Kier alpha value is -1.79. The van der Waals surface area contributed by atoms with Gasteiger partial charge in [-0.15, -0.1) is 0 Å². The van der Waals surface area contributed by atoms with Crippen molar-refractivity contribution in [3.63, 3.8) is 0 Å². The van der Waals surface area contributed by atoms with Crippen molar-refractivity contribution in [3.05, 3.63) is 60.2 Å². The third kappa shape index (κ3) is 6.21. The molecule has 0 fully saturated rings. The SMILES string of the molecule is CCOC(=O)[C@@H](N)CS[Se]c1ccccc1C(=O)Nc1ccccc1. The van der Waals surface area contributed by atoms with Crippen molar-refractivity contribution in [2.75, 3.05) is 17.7 Å². The Balaban J connectivity index is 1.96. The van der Waals surface area contributed by atoms with E-state index in [4.69, 9.17) is 10.5 Å². The molecule has 0 saturated heterocycles. The summed E-state index contributed by atoms with van der Waals surface area (Å²) in [5, 5.41) is 2.90. The van der Waals surface area contributed by atoms with E-state index in [-0.39, 0.29) is 25.7 Å². The summed E-state index contributed by atoms with van der Waals surface area (Å²) < 4.78 is 5.86. The molecule has 0 unspecified atom stereocenters. The van der Waals surface area contributed by atoms with E-state index in [9.17, 15) is 9.59 Å². The van der Waals surface area contributed by atoms with E-state index < -0.39 is 6.04 Å². The van der Waals surface area contributed by atoms with Crippen LogP contribution in [0, 0.1) is 0 Å². The molecule has 0 aromatic heterocycles. The molecule has 2 aromatic rings. The number of nitrogens with one attached hydrogen (secondary N) is 1. The molecule has 0 saturated carbocycles. The Bertz CT molecular complexity index is 712. The summed E-state index contributed by atoms with van der Waals surface area (Å²) in [5.74, 6) is -0.0622. The molecule has 0 aliphatic rings. The molecule has 2 aromatic carbocycles. The summed E-state index contributed by atoms with van der Waals surface area (Å²) in [6, 6.07) is 16.2. The molecule has 3 N–H and O–H groups in total. The number of amides is 1. The molecule has 7 heteroatoms. The quantitative estimate of drug-likeness (QED) is 0.500. The summed E-state index contributed by atoms with van der Waals surface area (Å²) in [7, 11) is 1.56. The minimum absolute atomic E-state index is 0.0330. The van der Waals surface area contributed by atoms with E-state index in [0.29, 0.717) is 17.9 Å². The number of nitrogens with two attached hydrogens (primary N) is 1. The third-order valence-electron chi connectivity index (χ3n) is 3.15. The molecule has 0 bridgehead atoms. The van der Waals surface area contributed by atoms with Gasteiger partial charge in [-0.05, 0) is 0 Å². The second-order valence-electron chi connectivity index (χ2n) is 5.04. The fourth-order valence-corrected chi connectivity index (χ4v) is 6.13. The summed E-state index contributed by atoms with van der Waals surface area (Å²) in [4.78, 5) is 24.1. The van der Waals surface area contributed by atoms with E-state index >= 15 is 0 Å². The van der Waals surface area contributed by atoms with Crippen molar-refractivity contribution >= 4 is 46.0 Å². The molecule has 0 heterocycles. The second-order valence-corrected chi connectivity index (χ2v) is 9.23. The van der Waals surface area contributed by atoms with E-state index in [0.717, 1.165) is 10.1 Å². The van der Waals surface area contributed by atoms with Gasteiger partial charge in [0.2, 0.25) is 0 Å². The molecule has 5 nitrogen and oxygen atoms in total. The van der Waals surface area contributed by atoms with Gasteiger partial charge in [0, 0.05) is 0 Å². The zero-order chi connectivity index (χ0) is 18.1. The molecular formula is C18H20N2O3SSe. The monoisotopic (exact) mass is 424 g/mol. The first-order valence-corrected chi connectivity index (χ1v) is 11.7. The van der Waals surface area contributed by atoms with Crippen LogP contribution in [0.2, 0.25) is 0 Å². The van der Waals surface area contributed by atoms with Crippen molar-refractivity contribution in [1.82, 2.24) is 0 Å². The van der Waals surface area contributed by atoms with E-state index in [1.54, 1.807) is 23.2 Å². The zero-order valence-corrected chi connectivity index (χ0v) is 16.3. The Morgan fingerprint density at radius 1 is 1.16 bits per heavy atom. The standard InChI is InChI=1S/C18H20N2O3SSe/c1-2-23-18(22)15(19)12-24-25-16-11-7-6-10-14(16)17(21)20-13-8-4-3-5-9-13/h3-11,15H,2,12,19H2,1H3,(H,20,21)/t15-/m0/s1. The van der Waals surface area contributed by atoms with Crippen LogP contribution in [0.1, 0.15) is 17.3 Å². The van der Waals surface area contributed by atoms with Gasteiger partial charge in [0.15, 0.2) is 0 Å². The van der Waals surface area contributed by atoms with Gasteiger partial charge in [0.25, 0.3) is 0 Å². The molecule has 0 radical (unpaired) electrons. The molecule has 0 aliphatic heterocycles. The van der Waals surface area contributed by atoms with Crippen molar-refractivity contribution < 1.29 is 14.3 Å². The van der Waals surface area contributed by atoms with Crippen LogP contribution in [0.5, 0.6) is 0 Å². The number of esters is 1. The fraction of sp³-hybridized carbons (Fsp3) is 0.222. The first kappa shape index (κ1) is 19.5. The first-order valence-electron chi connectivity index (χ1n) is 7.79. The predicted molar refractivity (Wildman–Crippen MR) is 103 cm³/mol. The summed E-state index contributed by atoms with van der Waals surface area (Å²) >= 11 is -0.0330. The molecule has 1 amide bonds. The van der Waals surface area contributed by atoms with Gasteiger partial charge < -0.3 is 0 Å². The Morgan fingerprint density at radius 2 is 1.84 bits per heavy atom. The molecule has 1 atom stereocenters. The number of benzene rings is 2. The summed E-state index contributed by atoms with van der Waals surface area (Å²) in [5.41, 5.74) is 7.20. The van der Waals surface area contributed by atoms with Crippen LogP contribution in [0.25, 0.3) is 0 Å². The molecule has 0 aliphatic carbocycles. The van der Waals surface area contributed by atoms with Gasteiger partial charge in [-0.1, -0.05) is 0 Å². The van der Waals surface area contributed by atoms with Crippen molar-refractivity contribution in [2.45, 2.75) is 13.0 Å². The van der Waals surface area contributed by atoms with Crippen LogP contribution in [0.4, 0.5) is 5.69 Å². The number of ether oxygens (including phenoxy) is 1. The molecule has 25 heavy (non-hydrogen) atoms. The number of rotatable bonds is 8. The van der Waals surface area contributed by atoms with Gasteiger partial charge in [-0.25, -0.2) is 0 Å². The van der Waals surface area contributed by atoms with Gasteiger partial charge in [0.05, 0.1) is 0 Å². The molecular weight excluding hydrogens is 403 g/mol. The Labute approximate surface area is 156 Å². The number of hydrogen-bond acceptors (Lipinski definition) is 5. The maximum absolute atomic E-state index is 12.5. The van der Waals surface area contributed by atoms with Crippen LogP contribution < -0.4 is 15.5 Å². The van der Waals surface area contributed by atoms with Crippen LogP contribution in [0.3, 0.4) is 0 Å². The Kier molecular flexibility index (Phi) is 8.01. The first-order chi connectivity index (χ1) is 12.1. The zero-order valence-electron chi connectivity index (χ0n) is 13.8. The van der Waals surface area contributed by atoms with Gasteiger partial charge in [-0.3, -0.25) is 0 Å². The van der Waals surface area contributed by atoms with E-state index in [1.165, 1.54) is 0 Å². The van der Waals surface area contributed by atoms with Crippen LogP contribution in [-0.2, 0) is 9.53 Å². The summed E-state index contributed by atoms with van der Waals surface area (Å²) in [6.45, 7) is 2.08. The number of carbonyl (C=O) groups is 2. The third-order valence-corrected chi connectivity index (χ3v) is 7.42. The Morgan fingerprint density at radius 3 is 2.56 bits per heavy atom. The number of anilines is 1. The van der Waals surface area contributed by atoms with E-state index in [2.05, 4.69) is 5.32 Å². The fourth-order valence-electron chi connectivity index (χ4n) is 1.93. The van der Waals surface area contributed by atoms with Crippen LogP contribution >= 0.6 is 10.2 Å². The topological polar surface area (TPSA) is 81.4 Å². The average Bonchev–Trinajstić information content (AvgIpc) is 2.63. The average molecular weight is 423 g/mol. The van der Waals surface area contributed by atoms with Crippen molar-refractivity contribution in [2.24, 2.45) is 5.73 Å². The second kappa shape index (κ2) is 10.3. The van der Waals surface area contributed by atoms with Crippen molar-refractivity contribution in [3.8, 4) is 0 Å². The van der Waals surface area contributed by atoms with Gasteiger partial charge in [-0.2, -0.15) is 0 Å². The number of hydrogen-bond donors (Lipinski definition) is 2. The summed E-state index contributed by atoms with van der Waals surface area (Å²) in [6.07, 6.45) is 0. The molecule has 132 valence electrons. The van der Waals surface area contributed by atoms with E-state index in [1.807, 2.05) is 48.5 Å². The van der Waals surface area contributed by atoms with Crippen molar-refractivity contribution in [1.29, 1.82) is 0 Å². The van der Waals surface area contributed by atoms with Crippen LogP contribution in [0.15, 0.2) is 54.6 Å². The molecule has 0 spiro atoms. The van der Waals surface area contributed by atoms with Gasteiger partial charge in [0.1, 0.15) is 0 Å². The maximum atomic E-state index is 12.5.